The van der Waals surface area contributed by atoms with E-state index in [-0.39, 0.29) is 24.0 Å². The smallest absolute Gasteiger partial charge is 0.257 e. The van der Waals surface area contributed by atoms with Gasteiger partial charge in [0.2, 0.25) is 5.91 Å². The van der Waals surface area contributed by atoms with Crippen molar-refractivity contribution in [2.75, 3.05) is 19.6 Å². The second-order valence-corrected chi connectivity index (χ2v) is 8.76. The number of para-hydroxylation sites is 1. The second-order valence-electron chi connectivity index (χ2n) is 8.76. The number of rotatable bonds is 2. The van der Waals surface area contributed by atoms with Crippen molar-refractivity contribution in [3.05, 3.63) is 29.8 Å². The maximum Gasteiger partial charge on any atom is 0.257 e. The van der Waals surface area contributed by atoms with E-state index in [9.17, 15) is 9.59 Å². The first-order valence-electron chi connectivity index (χ1n) is 11.5. The summed E-state index contributed by atoms with van der Waals surface area (Å²) >= 11 is 0. The lowest BCUT2D eigenvalue weighted by Gasteiger charge is -2.40. The zero-order chi connectivity index (χ0) is 20.2. The van der Waals surface area contributed by atoms with Gasteiger partial charge in [-0.1, -0.05) is 18.6 Å². The molecular weight excluding hydrogens is 364 g/mol. The first-order valence-corrected chi connectivity index (χ1v) is 11.5. The Morgan fingerprint density at radius 1 is 1.00 bits per heavy atom. The summed E-state index contributed by atoms with van der Waals surface area (Å²) < 4.78 is 6.52. The second kappa shape index (κ2) is 9.19. The fraction of sp³-hybridized carbons (Fsp3) is 0.667. The summed E-state index contributed by atoms with van der Waals surface area (Å²) in [5.74, 6) is 1.30. The van der Waals surface area contributed by atoms with Crippen molar-refractivity contribution >= 4 is 11.8 Å². The van der Waals surface area contributed by atoms with Gasteiger partial charge in [-0.15, -0.1) is 0 Å². The number of nitrogens with zero attached hydrogens (tertiary/aromatic N) is 2. The molecule has 1 heterocycles. The van der Waals surface area contributed by atoms with E-state index in [1.165, 1.54) is 0 Å². The van der Waals surface area contributed by atoms with Crippen LogP contribution >= 0.6 is 0 Å². The Labute approximate surface area is 174 Å². The molecule has 0 spiro atoms. The average molecular weight is 399 g/mol. The average Bonchev–Trinajstić information content (AvgIpc) is 3.59. The van der Waals surface area contributed by atoms with E-state index in [0.29, 0.717) is 23.8 Å². The maximum atomic E-state index is 13.2. The minimum atomic E-state index is -0.0313. The van der Waals surface area contributed by atoms with Gasteiger partial charge in [-0.2, -0.15) is 0 Å². The van der Waals surface area contributed by atoms with E-state index in [1.54, 1.807) is 0 Å². The third kappa shape index (κ3) is 4.59. The van der Waals surface area contributed by atoms with Crippen LogP contribution in [0.3, 0.4) is 0 Å². The first kappa shape index (κ1) is 20.2. The Hall–Kier alpha value is -2.04. The Morgan fingerprint density at radius 2 is 1.76 bits per heavy atom. The van der Waals surface area contributed by atoms with Crippen molar-refractivity contribution in [1.29, 1.82) is 0 Å². The number of hydrogen-bond acceptors (Lipinski definition) is 3. The lowest BCUT2D eigenvalue weighted by Crippen LogP contribution is -2.51. The number of hydrogen-bond donors (Lipinski definition) is 0. The number of carbonyl (C=O) groups is 2. The maximum absolute atomic E-state index is 13.2. The lowest BCUT2D eigenvalue weighted by molar-refractivity contribution is -0.138. The van der Waals surface area contributed by atoms with Crippen molar-refractivity contribution in [1.82, 2.24) is 9.80 Å². The molecule has 0 aromatic heterocycles. The van der Waals surface area contributed by atoms with Crippen molar-refractivity contribution in [3.63, 3.8) is 0 Å². The van der Waals surface area contributed by atoms with Gasteiger partial charge in [-0.3, -0.25) is 9.59 Å². The molecule has 158 valence electrons. The van der Waals surface area contributed by atoms with Crippen molar-refractivity contribution in [2.24, 2.45) is 5.92 Å². The van der Waals surface area contributed by atoms with Gasteiger partial charge < -0.3 is 14.5 Å². The third-order valence-corrected chi connectivity index (χ3v) is 6.67. The van der Waals surface area contributed by atoms with Crippen LogP contribution in [0.4, 0.5) is 0 Å². The predicted octanol–water partition coefficient (Wildman–Crippen LogP) is 4.26. The van der Waals surface area contributed by atoms with E-state index in [4.69, 9.17) is 4.74 Å². The van der Waals surface area contributed by atoms with Crippen LogP contribution in [0.1, 0.15) is 75.1 Å². The molecule has 2 fully saturated rings. The summed E-state index contributed by atoms with van der Waals surface area (Å²) in [5, 5.41) is 0. The lowest BCUT2D eigenvalue weighted by atomic mass is 9.90. The van der Waals surface area contributed by atoms with Crippen molar-refractivity contribution < 1.29 is 14.3 Å². The molecule has 5 heteroatoms. The molecule has 5 nitrogen and oxygen atoms in total. The van der Waals surface area contributed by atoms with Crippen LogP contribution in [0.25, 0.3) is 0 Å². The van der Waals surface area contributed by atoms with Gasteiger partial charge in [-0.25, -0.2) is 0 Å². The van der Waals surface area contributed by atoms with Crippen LogP contribution in [0.15, 0.2) is 24.3 Å². The summed E-state index contributed by atoms with van der Waals surface area (Å²) in [4.78, 5) is 30.4. The predicted molar refractivity (Wildman–Crippen MR) is 113 cm³/mol. The standard InChI is InChI=1S/C24H34N2O3/c1-2-25-16-8-3-9-17-26(23(27)18-14-15-18)20-11-5-7-13-22(20)29-21-12-6-4-10-19(21)24(25)28/h4,6,10,12,18,20,22H,2-3,5,7-9,11,13-17H2,1H3/t20-,22+/m1/s1. The van der Waals surface area contributed by atoms with Gasteiger partial charge >= 0.3 is 0 Å². The molecular formula is C24H34N2O3. The molecule has 1 aromatic carbocycles. The monoisotopic (exact) mass is 398 g/mol. The summed E-state index contributed by atoms with van der Waals surface area (Å²) in [6, 6.07) is 7.77. The third-order valence-electron chi connectivity index (χ3n) is 6.67. The number of fused-ring (bicyclic) bond motifs is 2. The number of ether oxygens (including phenoxy) is 1. The summed E-state index contributed by atoms with van der Waals surface area (Å²) in [7, 11) is 0. The molecule has 29 heavy (non-hydrogen) atoms. The fourth-order valence-electron chi connectivity index (χ4n) is 4.82. The van der Waals surface area contributed by atoms with Crippen molar-refractivity contribution in [3.8, 4) is 5.75 Å². The van der Waals surface area contributed by atoms with Gasteiger partial charge in [0.25, 0.3) is 5.91 Å². The van der Waals surface area contributed by atoms with Gasteiger partial charge in [0, 0.05) is 25.6 Å². The Bertz CT molecular complexity index is 731. The summed E-state index contributed by atoms with van der Waals surface area (Å²) in [5.41, 5.74) is 0.651. The Kier molecular flexibility index (Phi) is 6.41. The van der Waals surface area contributed by atoms with Gasteiger partial charge in [0.15, 0.2) is 0 Å². The molecule has 0 radical (unpaired) electrons. The van der Waals surface area contributed by atoms with Crippen LogP contribution in [-0.2, 0) is 4.79 Å². The first-order chi connectivity index (χ1) is 14.2. The number of carbonyl (C=O) groups excluding carboxylic acids is 2. The molecule has 2 aliphatic carbocycles. The molecule has 2 saturated carbocycles. The van der Waals surface area contributed by atoms with E-state index in [0.717, 1.165) is 70.9 Å². The fourth-order valence-corrected chi connectivity index (χ4v) is 4.82. The molecule has 0 saturated heterocycles. The van der Waals surface area contributed by atoms with E-state index in [1.807, 2.05) is 36.1 Å². The molecule has 3 aliphatic rings. The van der Waals surface area contributed by atoms with Gasteiger partial charge in [0.1, 0.15) is 11.9 Å². The highest BCUT2D eigenvalue weighted by Crippen LogP contribution is 2.36. The molecule has 4 rings (SSSR count). The Morgan fingerprint density at radius 3 is 2.55 bits per heavy atom. The van der Waals surface area contributed by atoms with Gasteiger partial charge in [0.05, 0.1) is 11.6 Å². The molecule has 0 bridgehead atoms. The quantitative estimate of drug-likeness (QED) is 0.748. The topological polar surface area (TPSA) is 49.9 Å². The van der Waals surface area contributed by atoms with Crippen molar-refractivity contribution in [2.45, 2.75) is 76.9 Å². The SMILES string of the molecule is CCN1CCCCCN(C(=O)C2CC2)[C@@H]2CCCC[C@@H]2Oc2ccccc2C1=O. The van der Waals surface area contributed by atoms with Crippen LogP contribution in [-0.4, -0.2) is 53.4 Å². The van der Waals surface area contributed by atoms with Crippen LogP contribution < -0.4 is 4.74 Å². The minimum Gasteiger partial charge on any atom is -0.487 e. The van der Waals surface area contributed by atoms with Crippen LogP contribution in [0.5, 0.6) is 5.75 Å². The minimum absolute atomic E-state index is 0.0313. The Balaban J connectivity index is 1.65. The summed E-state index contributed by atoms with van der Waals surface area (Å²) in [6.07, 6.45) is 9.26. The number of amides is 2. The highest BCUT2D eigenvalue weighted by molar-refractivity contribution is 5.97. The molecule has 1 aromatic rings. The van der Waals surface area contributed by atoms with E-state index >= 15 is 0 Å². The molecule has 1 aliphatic heterocycles. The zero-order valence-electron chi connectivity index (χ0n) is 17.6. The van der Waals surface area contributed by atoms with E-state index in [2.05, 4.69) is 4.90 Å². The van der Waals surface area contributed by atoms with Crippen LogP contribution in [0.2, 0.25) is 0 Å². The highest BCUT2D eigenvalue weighted by atomic mass is 16.5. The molecule has 2 amide bonds. The summed E-state index contributed by atoms with van der Waals surface area (Å²) in [6.45, 7) is 4.31. The van der Waals surface area contributed by atoms with Crippen LogP contribution in [0, 0.1) is 5.92 Å². The molecule has 2 atom stereocenters. The highest BCUT2D eigenvalue weighted by Gasteiger charge is 2.40. The number of benzene rings is 1. The normalized spacial score (nSPS) is 26.3. The molecule has 0 N–H and O–H groups in total. The van der Waals surface area contributed by atoms with Gasteiger partial charge in [-0.05, 0) is 70.4 Å². The van der Waals surface area contributed by atoms with E-state index < -0.39 is 0 Å². The molecule has 0 unspecified atom stereocenters. The zero-order valence-corrected chi connectivity index (χ0v) is 17.6. The largest absolute Gasteiger partial charge is 0.487 e.